The number of urea groups is 1. The largest absolute Gasteiger partial charge is 0.480 e. The summed E-state index contributed by atoms with van der Waals surface area (Å²) in [6, 6.07) is 1.98. The van der Waals surface area contributed by atoms with Gasteiger partial charge >= 0.3 is 12.0 Å². The topological polar surface area (TPSA) is 109 Å². The number of amides is 2. The molecule has 2 amide bonds. The van der Waals surface area contributed by atoms with Gasteiger partial charge in [-0.15, -0.1) is 0 Å². The van der Waals surface area contributed by atoms with Gasteiger partial charge in [0.2, 0.25) is 0 Å². The lowest BCUT2D eigenvalue weighted by Gasteiger charge is -2.45. The zero-order chi connectivity index (χ0) is 19.4. The minimum atomic E-state index is -0.815. The Hall–Kier alpha value is -2.13. The number of nitrogens with one attached hydrogen (secondary N) is 2. The molecule has 2 saturated carbocycles. The van der Waals surface area contributed by atoms with Crippen molar-refractivity contribution >= 4 is 12.0 Å². The average Bonchev–Trinajstić information content (AvgIpc) is 3.08. The van der Waals surface area contributed by atoms with Gasteiger partial charge in [-0.1, -0.05) is 6.92 Å². The number of carboxylic acid groups (broad SMARTS) is 1. The molecule has 3 rings (SSSR count). The second kappa shape index (κ2) is 8.71. The van der Waals surface area contributed by atoms with Crippen molar-refractivity contribution < 1.29 is 19.4 Å². The van der Waals surface area contributed by atoms with Crippen LogP contribution in [0.5, 0.6) is 0 Å². The van der Waals surface area contributed by atoms with Crippen LogP contribution >= 0.6 is 0 Å². The number of likely N-dealkylation sites (N-methyl/N-ethyl adjacent to an activating group) is 1. The molecule has 150 valence electrons. The maximum absolute atomic E-state index is 12.4. The molecule has 0 spiro atoms. The molecule has 1 heterocycles. The smallest absolute Gasteiger partial charge is 0.317 e. The van der Waals surface area contributed by atoms with E-state index in [1.165, 1.54) is 0 Å². The van der Waals surface area contributed by atoms with Crippen molar-refractivity contribution in [1.29, 1.82) is 0 Å². The van der Waals surface area contributed by atoms with Crippen LogP contribution in [0.25, 0.3) is 0 Å². The summed E-state index contributed by atoms with van der Waals surface area (Å²) in [4.78, 5) is 25.2. The highest BCUT2D eigenvalue weighted by Gasteiger charge is 2.45. The number of hydrogen-bond acceptors (Lipinski definition) is 5. The first-order valence-corrected chi connectivity index (χ1v) is 9.65. The van der Waals surface area contributed by atoms with E-state index in [2.05, 4.69) is 15.7 Å². The van der Waals surface area contributed by atoms with Crippen molar-refractivity contribution in [2.45, 2.75) is 63.4 Å². The van der Waals surface area contributed by atoms with Gasteiger partial charge in [-0.3, -0.25) is 14.4 Å². The molecule has 0 radical (unpaired) electrons. The Labute approximate surface area is 159 Å². The van der Waals surface area contributed by atoms with Gasteiger partial charge in [0.25, 0.3) is 0 Å². The molecule has 0 bridgehead atoms. The average molecular weight is 379 g/mol. The number of aliphatic carboxylic acids is 1. The van der Waals surface area contributed by atoms with E-state index in [-0.39, 0.29) is 42.8 Å². The van der Waals surface area contributed by atoms with E-state index in [9.17, 15) is 9.59 Å². The molecular weight excluding hydrogens is 350 g/mol. The normalized spacial score (nSPS) is 29.7. The summed E-state index contributed by atoms with van der Waals surface area (Å²) in [5.74, 6) is -0.815. The summed E-state index contributed by atoms with van der Waals surface area (Å²) in [7, 11) is 0. The minimum Gasteiger partial charge on any atom is -0.480 e. The number of aromatic nitrogens is 2. The summed E-state index contributed by atoms with van der Waals surface area (Å²) in [6.07, 6.45) is 6.00. The lowest BCUT2D eigenvalue weighted by Crippen LogP contribution is -2.61. The van der Waals surface area contributed by atoms with Crippen LogP contribution in [0.4, 0.5) is 4.79 Å². The van der Waals surface area contributed by atoms with Crippen molar-refractivity contribution in [3.8, 4) is 0 Å². The van der Waals surface area contributed by atoms with Gasteiger partial charge < -0.3 is 20.5 Å². The lowest BCUT2D eigenvalue weighted by molar-refractivity contribution is -0.139. The second-order valence-corrected chi connectivity index (χ2v) is 7.21. The molecule has 2 aliphatic carbocycles. The van der Waals surface area contributed by atoms with Crippen molar-refractivity contribution in [3.63, 3.8) is 0 Å². The van der Waals surface area contributed by atoms with Crippen LogP contribution in [0.15, 0.2) is 18.5 Å². The molecule has 3 unspecified atom stereocenters. The first kappa shape index (κ1) is 19.6. The van der Waals surface area contributed by atoms with E-state index >= 15 is 0 Å². The number of rotatable bonds is 9. The molecule has 2 aliphatic rings. The van der Waals surface area contributed by atoms with E-state index in [1.54, 1.807) is 6.20 Å². The predicted octanol–water partition coefficient (Wildman–Crippen LogP) is 0.838. The Morgan fingerprint density at radius 3 is 2.67 bits per heavy atom. The molecule has 0 aliphatic heterocycles. The molecule has 1 aromatic rings. The molecule has 2 fully saturated rings. The lowest BCUT2D eigenvalue weighted by atomic mass is 9.82. The second-order valence-electron chi connectivity index (χ2n) is 7.21. The van der Waals surface area contributed by atoms with Crippen LogP contribution in [0.2, 0.25) is 0 Å². The summed E-state index contributed by atoms with van der Waals surface area (Å²) < 4.78 is 7.58. The van der Waals surface area contributed by atoms with Crippen LogP contribution in [-0.2, 0) is 9.53 Å². The van der Waals surface area contributed by atoms with Crippen LogP contribution in [-0.4, -0.2) is 75.7 Å². The maximum atomic E-state index is 12.4. The highest BCUT2D eigenvalue weighted by atomic mass is 16.5. The fourth-order valence-electron chi connectivity index (χ4n) is 4.00. The highest BCUT2D eigenvalue weighted by molar-refractivity contribution is 5.75. The summed E-state index contributed by atoms with van der Waals surface area (Å²) in [5, 5.41) is 19.3. The van der Waals surface area contributed by atoms with Crippen molar-refractivity contribution in [1.82, 2.24) is 25.3 Å². The van der Waals surface area contributed by atoms with Gasteiger partial charge in [0.1, 0.15) is 0 Å². The first-order valence-electron chi connectivity index (χ1n) is 9.65. The molecular formula is C18H29N5O4. The Bertz CT molecular complexity index is 632. The molecule has 9 nitrogen and oxygen atoms in total. The van der Waals surface area contributed by atoms with Gasteiger partial charge in [0.05, 0.1) is 24.7 Å². The van der Waals surface area contributed by atoms with E-state index < -0.39 is 5.97 Å². The number of carbonyl (C=O) groups is 2. The van der Waals surface area contributed by atoms with Gasteiger partial charge in [-0.2, -0.15) is 5.10 Å². The molecule has 9 heteroatoms. The van der Waals surface area contributed by atoms with Crippen molar-refractivity contribution in [2.24, 2.45) is 0 Å². The predicted molar refractivity (Wildman–Crippen MR) is 98.4 cm³/mol. The van der Waals surface area contributed by atoms with E-state index in [1.807, 2.05) is 35.7 Å². The molecule has 0 saturated heterocycles. The Morgan fingerprint density at radius 2 is 2.07 bits per heavy atom. The Kier molecular flexibility index (Phi) is 6.33. The van der Waals surface area contributed by atoms with Gasteiger partial charge in [0.15, 0.2) is 0 Å². The fraction of sp³-hybridized carbons (Fsp3) is 0.722. The quantitative estimate of drug-likeness (QED) is 0.587. The molecule has 3 N–H and O–H groups in total. The Balaban J connectivity index is 1.44. The first-order chi connectivity index (χ1) is 13.0. The summed E-state index contributed by atoms with van der Waals surface area (Å²) in [5.41, 5.74) is 0. The molecule has 3 atom stereocenters. The number of ether oxygens (including phenoxy) is 1. The van der Waals surface area contributed by atoms with E-state index in [0.29, 0.717) is 13.2 Å². The summed E-state index contributed by atoms with van der Waals surface area (Å²) in [6.45, 7) is 5.30. The van der Waals surface area contributed by atoms with Crippen LogP contribution < -0.4 is 10.6 Å². The SMILES string of the molecule is CCOC1CC(NC(=O)NC2CC(N(CC)CC(=O)O)C2)C1n1cccn1. The number of nitrogens with zero attached hydrogens (tertiary/aromatic N) is 3. The zero-order valence-corrected chi connectivity index (χ0v) is 15.9. The fourth-order valence-corrected chi connectivity index (χ4v) is 4.00. The van der Waals surface area contributed by atoms with Crippen LogP contribution in [0, 0.1) is 0 Å². The number of carbonyl (C=O) groups excluding carboxylic acids is 1. The highest BCUT2D eigenvalue weighted by Crippen LogP contribution is 2.35. The third kappa shape index (κ3) is 4.59. The third-order valence-electron chi connectivity index (χ3n) is 5.52. The maximum Gasteiger partial charge on any atom is 0.317 e. The van der Waals surface area contributed by atoms with Crippen molar-refractivity contribution in [3.05, 3.63) is 18.5 Å². The Morgan fingerprint density at radius 1 is 1.30 bits per heavy atom. The van der Waals surface area contributed by atoms with Crippen LogP contribution in [0.3, 0.4) is 0 Å². The minimum absolute atomic E-state index is 0.00554. The molecule has 0 aromatic carbocycles. The summed E-state index contributed by atoms with van der Waals surface area (Å²) >= 11 is 0. The third-order valence-corrected chi connectivity index (χ3v) is 5.52. The van der Waals surface area contributed by atoms with E-state index in [0.717, 1.165) is 19.3 Å². The number of carboxylic acids is 1. The standard InChI is InChI=1S/C18H29N5O4/c1-3-22(11-16(24)25)13-8-12(9-13)20-18(26)21-14-10-15(27-4-2)17(14)23-7-5-6-19-23/h5-7,12-15,17H,3-4,8-11H2,1-2H3,(H,24,25)(H2,20,21,26). The van der Waals surface area contributed by atoms with Gasteiger partial charge in [-0.25, -0.2) is 4.79 Å². The molecule has 27 heavy (non-hydrogen) atoms. The number of hydrogen-bond donors (Lipinski definition) is 3. The molecule has 1 aromatic heterocycles. The van der Waals surface area contributed by atoms with Gasteiger partial charge in [0, 0.05) is 31.1 Å². The van der Waals surface area contributed by atoms with Gasteiger partial charge in [-0.05, 0) is 38.8 Å². The zero-order valence-electron chi connectivity index (χ0n) is 15.9. The van der Waals surface area contributed by atoms with Crippen LogP contribution in [0.1, 0.15) is 39.2 Å². The van der Waals surface area contributed by atoms with Crippen molar-refractivity contribution in [2.75, 3.05) is 19.7 Å². The van der Waals surface area contributed by atoms with E-state index in [4.69, 9.17) is 9.84 Å². The monoisotopic (exact) mass is 379 g/mol.